The monoisotopic (exact) mass is 262 g/mol. The lowest BCUT2D eigenvalue weighted by molar-refractivity contribution is 0.318. The van der Waals surface area contributed by atoms with Crippen molar-refractivity contribution < 1.29 is 9.94 Å². The van der Waals surface area contributed by atoms with Gasteiger partial charge in [-0.2, -0.15) is 0 Å². The van der Waals surface area contributed by atoms with Gasteiger partial charge in [0.15, 0.2) is 0 Å². The summed E-state index contributed by atoms with van der Waals surface area (Å²) in [6.45, 7) is 2.30. The molecular weight excluding hydrogens is 248 g/mol. The van der Waals surface area contributed by atoms with Gasteiger partial charge in [-0.25, -0.2) is 9.67 Å². The van der Waals surface area contributed by atoms with Gasteiger partial charge in [-0.05, 0) is 6.92 Å². The second-order valence-corrected chi connectivity index (χ2v) is 3.89. The number of hydrogen-bond donors (Lipinski definition) is 2. The van der Waals surface area contributed by atoms with Crippen molar-refractivity contribution in [2.45, 2.75) is 13.5 Å². The smallest absolute Gasteiger partial charge is 0.219 e. The van der Waals surface area contributed by atoms with Crippen molar-refractivity contribution in [2.24, 2.45) is 10.9 Å². The van der Waals surface area contributed by atoms with E-state index in [1.807, 2.05) is 19.1 Å². The summed E-state index contributed by atoms with van der Waals surface area (Å²) in [6.07, 6.45) is 1.49. The Bertz CT molecular complexity index is 607. The van der Waals surface area contributed by atoms with Gasteiger partial charge in [-0.1, -0.05) is 5.16 Å². The van der Waals surface area contributed by atoms with Crippen molar-refractivity contribution in [3.05, 3.63) is 35.7 Å². The first-order valence-electron chi connectivity index (χ1n) is 5.51. The van der Waals surface area contributed by atoms with Crippen molar-refractivity contribution in [2.75, 3.05) is 7.11 Å². The van der Waals surface area contributed by atoms with Crippen LogP contribution < -0.4 is 10.5 Å². The first-order chi connectivity index (χ1) is 9.12. The van der Waals surface area contributed by atoms with Crippen LogP contribution in [0.15, 0.2) is 23.6 Å². The Labute approximate surface area is 109 Å². The van der Waals surface area contributed by atoms with Crippen molar-refractivity contribution in [3.63, 3.8) is 0 Å². The average Bonchev–Trinajstić information content (AvgIpc) is 2.85. The van der Waals surface area contributed by atoms with Gasteiger partial charge in [-0.15, -0.1) is 5.10 Å². The number of ether oxygens (including phenoxy) is 1. The molecule has 0 amide bonds. The number of aryl methyl sites for hydroxylation is 1. The van der Waals surface area contributed by atoms with E-state index >= 15 is 0 Å². The van der Waals surface area contributed by atoms with Gasteiger partial charge >= 0.3 is 0 Å². The molecule has 0 bridgehead atoms. The fourth-order valence-electron chi connectivity index (χ4n) is 1.60. The zero-order valence-corrected chi connectivity index (χ0v) is 10.6. The topological polar surface area (TPSA) is 111 Å². The highest BCUT2D eigenvalue weighted by Crippen LogP contribution is 2.13. The summed E-state index contributed by atoms with van der Waals surface area (Å²) in [4.78, 5) is 8.30. The third kappa shape index (κ3) is 2.97. The number of oxime groups is 1. The van der Waals surface area contributed by atoms with E-state index in [0.29, 0.717) is 6.54 Å². The molecule has 0 aliphatic carbocycles. The maximum absolute atomic E-state index is 8.54. The van der Waals surface area contributed by atoms with E-state index in [0.717, 1.165) is 17.1 Å². The molecule has 2 rings (SSSR count). The SMILES string of the molecule is COc1cc(C)nc(Cn2cnc(/C(N)=N/O)n2)c1. The third-order valence-corrected chi connectivity index (χ3v) is 2.41. The minimum Gasteiger partial charge on any atom is -0.497 e. The molecule has 0 spiro atoms. The largest absolute Gasteiger partial charge is 0.497 e. The third-order valence-electron chi connectivity index (χ3n) is 2.41. The first kappa shape index (κ1) is 12.8. The number of nitrogens with zero attached hydrogens (tertiary/aromatic N) is 5. The molecule has 0 radical (unpaired) electrons. The molecule has 0 aliphatic heterocycles. The summed E-state index contributed by atoms with van der Waals surface area (Å²) in [5.41, 5.74) is 7.03. The van der Waals surface area contributed by atoms with Crippen LogP contribution in [0.5, 0.6) is 5.75 Å². The molecule has 0 fully saturated rings. The lowest BCUT2D eigenvalue weighted by atomic mass is 10.3. The van der Waals surface area contributed by atoms with Gasteiger partial charge < -0.3 is 15.7 Å². The average molecular weight is 262 g/mol. The molecule has 3 N–H and O–H groups in total. The summed E-state index contributed by atoms with van der Waals surface area (Å²) in [6, 6.07) is 3.66. The summed E-state index contributed by atoms with van der Waals surface area (Å²) in [5.74, 6) is 0.773. The molecule has 0 aromatic carbocycles. The summed E-state index contributed by atoms with van der Waals surface area (Å²) in [5, 5.41) is 15.4. The zero-order valence-electron chi connectivity index (χ0n) is 10.6. The number of pyridine rings is 1. The molecule has 0 unspecified atom stereocenters. The van der Waals surface area contributed by atoms with Gasteiger partial charge in [0.25, 0.3) is 0 Å². The number of methoxy groups -OCH3 is 1. The number of hydrogen-bond acceptors (Lipinski definition) is 6. The number of aromatic nitrogens is 4. The molecule has 2 aromatic heterocycles. The van der Waals surface area contributed by atoms with Gasteiger partial charge in [0.05, 0.1) is 19.3 Å². The van der Waals surface area contributed by atoms with Crippen LogP contribution in [0.3, 0.4) is 0 Å². The van der Waals surface area contributed by atoms with E-state index in [2.05, 4.69) is 20.2 Å². The summed E-state index contributed by atoms with van der Waals surface area (Å²) >= 11 is 0. The van der Waals surface area contributed by atoms with Gasteiger partial charge in [-0.3, -0.25) is 4.98 Å². The Morgan fingerprint density at radius 3 is 3.00 bits per heavy atom. The van der Waals surface area contributed by atoms with E-state index in [-0.39, 0.29) is 11.7 Å². The highest BCUT2D eigenvalue weighted by atomic mass is 16.5. The second-order valence-electron chi connectivity index (χ2n) is 3.89. The fourth-order valence-corrected chi connectivity index (χ4v) is 1.60. The Morgan fingerprint density at radius 2 is 2.32 bits per heavy atom. The molecule has 8 heteroatoms. The quantitative estimate of drug-likeness (QED) is 0.350. The molecule has 2 aromatic rings. The highest BCUT2D eigenvalue weighted by molar-refractivity contribution is 5.93. The van der Waals surface area contributed by atoms with E-state index < -0.39 is 0 Å². The molecule has 0 aliphatic rings. The van der Waals surface area contributed by atoms with E-state index in [1.165, 1.54) is 6.33 Å². The summed E-state index contributed by atoms with van der Waals surface area (Å²) < 4.78 is 6.73. The van der Waals surface area contributed by atoms with Crippen molar-refractivity contribution >= 4 is 5.84 Å². The predicted molar refractivity (Wildman–Crippen MR) is 67.2 cm³/mol. The number of rotatable bonds is 4. The second kappa shape index (κ2) is 5.34. The van der Waals surface area contributed by atoms with Crippen LogP contribution in [-0.2, 0) is 6.54 Å². The van der Waals surface area contributed by atoms with E-state index in [9.17, 15) is 0 Å². The minimum absolute atomic E-state index is 0.131. The molecule has 0 saturated carbocycles. The van der Waals surface area contributed by atoms with Crippen molar-refractivity contribution in [3.8, 4) is 5.75 Å². The van der Waals surface area contributed by atoms with Crippen molar-refractivity contribution in [1.29, 1.82) is 0 Å². The standard InChI is InChI=1S/C11H14N6O2/c1-7-3-9(19-2)4-8(14-7)5-17-6-13-11(15-17)10(12)16-18/h3-4,6,18H,5H2,1-2H3,(H2,12,16). The Hall–Kier alpha value is -2.64. The van der Waals surface area contributed by atoms with E-state index in [1.54, 1.807) is 11.8 Å². The lowest BCUT2D eigenvalue weighted by Gasteiger charge is -2.05. The Balaban J connectivity index is 2.21. The molecule has 0 saturated heterocycles. The fraction of sp³-hybridized carbons (Fsp3) is 0.273. The minimum atomic E-state index is -0.131. The van der Waals surface area contributed by atoms with Crippen LogP contribution in [-0.4, -0.2) is 37.9 Å². The number of nitrogens with two attached hydrogens (primary N) is 1. The van der Waals surface area contributed by atoms with Crippen LogP contribution in [0.2, 0.25) is 0 Å². The van der Waals surface area contributed by atoms with Gasteiger partial charge in [0.1, 0.15) is 12.1 Å². The van der Waals surface area contributed by atoms with Crippen LogP contribution in [0.1, 0.15) is 17.2 Å². The molecule has 0 atom stereocenters. The van der Waals surface area contributed by atoms with Crippen LogP contribution in [0.4, 0.5) is 0 Å². The van der Waals surface area contributed by atoms with Gasteiger partial charge in [0, 0.05) is 17.8 Å². The molecule has 19 heavy (non-hydrogen) atoms. The van der Waals surface area contributed by atoms with Crippen LogP contribution in [0, 0.1) is 6.92 Å². The van der Waals surface area contributed by atoms with Crippen LogP contribution in [0.25, 0.3) is 0 Å². The molecule has 100 valence electrons. The summed E-state index contributed by atoms with van der Waals surface area (Å²) in [7, 11) is 1.60. The first-order valence-corrected chi connectivity index (χ1v) is 5.51. The Kier molecular flexibility index (Phi) is 3.60. The molecule has 2 heterocycles. The lowest BCUT2D eigenvalue weighted by Crippen LogP contribution is -2.15. The van der Waals surface area contributed by atoms with Gasteiger partial charge in [0.2, 0.25) is 11.7 Å². The van der Waals surface area contributed by atoms with Crippen molar-refractivity contribution in [1.82, 2.24) is 19.7 Å². The van der Waals surface area contributed by atoms with Crippen LogP contribution >= 0.6 is 0 Å². The maximum Gasteiger partial charge on any atom is 0.219 e. The predicted octanol–water partition coefficient (Wildman–Crippen LogP) is 0.133. The van der Waals surface area contributed by atoms with E-state index in [4.69, 9.17) is 15.7 Å². The highest BCUT2D eigenvalue weighted by Gasteiger charge is 2.07. The maximum atomic E-state index is 8.54. The zero-order chi connectivity index (χ0) is 13.8. The Morgan fingerprint density at radius 1 is 1.53 bits per heavy atom. The number of amidine groups is 1. The molecular formula is C11H14N6O2. The molecule has 8 nitrogen and oxygen atoms in total. The normalized spacial score (nSPS) is 11.6.